The van der Waals surface area contributed by atoms with Gasteiger partial charge in [-0.2, -0.15) is 0 Å². The van der Waals surface area contributed by atoms with E-state index in [2.05, 4.69) is 16.8 Å². The summed E-state index contributed by atoms with van der Waals surface area (Å²) in [7, 11) is 0. The lowest BCUT2D eigenvalue weighted by molar-refractivity contribution is 0.218. The van der Waals surface area contributed by atoms with Crippen molar-refractivity contribution >= 4 is 5.69 Å². The van der Waals surface area contributed by atoms with E-state index in [4.69, 9.17) is 5.73 Å². The third-order valence-electron chi connectivity index (χ3n) is 3.50. The third-order valence-corrected chi connectivity index (χ3v) is 3.50. The number of likely N-dealkylation sites (tertiary alicyclic amines) is 1. The number of nitrogen functional groups attached to an aromatic ring is 1. The SMILES string of the molecule is Cc1cnc(CN2CCCCC2)c(C)c1N. The van der Waals surface area contributed by atoms with Crippen LogP contribution in [0.3, 0.4) is 0 Å². The fourth-order valence-corrected chi connectivity index (χ4v) is 2.28. The molecule has 1 aromatic heterocycles. The highest BCUT2D eigenvalue weighted by Crippen LogP contribution is 2.20. The van der Waals surface area contributed by atoms with Crippen LogP contribution in [0.1, 0.15) is 36.1 Å². The molecule has 0 radical (unpaired) electrons. The largest absolute Gasteiger partial charge is 0.398 e. The first kappa shape index (κ1) is 11.4. The Balaban J connectivity index is 2.11. The van der Waals surface area contributed by atoms with Gasteiger partial charge in [0.15, 0.2) is 0 Å². The van der Waals surface area contributed by atoms with E-state index >= 15 is 0 Å². The monoisotopic (exact) mass is 219 g/mol. The van der Waals surface area contributed by atoms with E-state index in [-0.39, 0.29) is 0 Å². The molecule has 1 fully saturated rings. The van der Waals surface area contributed by atoms with Crippen LogP contribution in [0.15, 0.2) is 6.20 Å². The number of rotatable bonds is 2. The number of aryl methyl sites for hydroxylation is 1. The van der Waals surface area contributed by atoms with E-state index in [1.54, 1.807) is 0 Å². The molecule has 3 nitrogen and oxygen atoms in total. The Morgan fingerprint density at radius 2 is 1.94 bits per heavy atom. The zero-order chi connectivity index (χ0) is 11.5. The van der Waals surface area contributed by atoms with Crippen molar-refractivity contribution in [1.82, 2.24) is 9.88 Å². The summed E-state index contributed by atoms with van der Waals surface area (Å²) in [6.45, 7) is 7.45. The van der Waals surface area contributed by atoms with Crippen LogP contribution in [0, 0.1) is 13.8 Å². The molecule has 88 valence electrons. The highest BCUT2D eigenvalue weighted by atomic mass is 15.1. The molecule has 0 saturated carbocycles. The van der Waals surface area contributed by atoms with Crippen molar-refractivity contribution in [2.45, 2.75) is 39.7 Å². The number of nitrogens with zero attached hydrogens (tertiary/aromatic N) is 2. The Labute approximate surface area is 97.7 Å². The standard InChI is InChI=1S/C13H21N3/c1-10-8-15-12(11(2)13(10)14)9-16-6-4-3-5-7-16/h8H,3-7,9H2,1-2H3,(H2,14,15). The van der Waals surface area contributed by atoms with E-state index < -0.39 is 0 Å². The van der Waals surface area contributed by atoms with Gasteiger partial charge >= 0.3 is 0 Å². The van der Waals surface area contributed by atoms with Crippen LogP contribution >= 0.6 is 0 Å². The number of piperidine rings is 1. The van der Waals surface area contributed by atoms with Gasteiger partial charge in [-0.15, -0.1) is 0 Å². The molecule has 1 aromatic rings. The molecule has 0 atom stereocenters. The molecule has 2 N–H and O–H groups in total. The van der Waals surface area contributed by atoms with Crippen molar-refractivity contribution in [3.63, 3.8) is 0 Å². The Kier molecular flexibility index (Phi) is 3.44. The summed E-state index contributed by atoms with van der Waals surface area (Å²) in [4.78, 5) is 6.99. The van der Waals surface area contributed by atoms with Gasteiger partial charge in [0.1, 0.15) is 0 Å². The molecule has 0 aliphatic carbocycles. The van der Waals surface area contributed by atoms with Crippen LogP contribution in [0.2, 0.25) is 0 Å². The fraction of sp³-hybridized carbons (Fsp3) is 0.615. The topological polar surface area (TPSA) is 42.2 Å². The Morgan fingerprint density at radius 1 is 1.25 bits per heavy atom. The Bertz CT molecular complexity index is 368. The molecule has 0 bridgehead atoms. The number of hydrogen-bond donors (Lipinski definition) is 1. The number of aromatic nitrogens is 1. The second kappa shape index (κ2) is 4.83. The lowest BCUT2D eigenvalue weighted by Gasteiger charge is -2.26. The first-order chi connectivity index (χ1) is 7.68. The predicted octanol–water partition coefficient (Wildman–Crippen LogP) is 2.27. The summed E-state index contributed by atoms with van der Waals surface area (Å²) in [6.07, 6.45) is 5.90. The first-order valence-electron chi connectivity index (χ1n) is 6.11. The van der Waals surface area contributed by atoms with Crippen LogP contribution in [0.25, 0.3) is 0 Å². The van der Waals surface area contributed by atoms with Gasteiger partial charge in [0, 0.05) is 18.4 Å². The lowest BCUT2D eigenvalue weighted by Crippen LogP contribution is -2.29. The number of pyridine rings is 1. The number of anilines is 1. The summed E-state index contributed by atoms with van der Waals surface area (Å²) >= 11 is 0. The molecule has 2 heterocycles. The zero-order valence-corrected chi connectivity index (χ0v) is 10.3. The molecule has 2 rings (SSSR count). The minimum Gasteiger partial charge on any atom is -0.398 e. The third kappa shape index (κ3) is 2.35. The van der Waals surface area contributed by atoms with Crippen LogP contribution in [-0.4, -0.2) is 23.0 Å². The highest BCUT2D eigenvalue weighted by Gasteiger charge is 2.13. The molecule has 1 saturated heterocycles. The van der Waals surface area contributed by atoms with Gasteiger partial charge in [-0.3, -0.25) is 9.88 Å². The molecular formula is C13H21N3. The number of hydrogen-bond acceptors (Lipinski definition) is 3. The van der Waals surface area contributed by atoms with Crippen molar-refractivity contribution in [3.05, 3.63) is 23.0 Å². The summed E-state index contributed by atoms with van der Waals surface area (Å²) in [5, 5.41) is 0. The second-order valence-corrected chi connectivity index (χ2v) is 4.76. The summed E-state index contributed by atoms with van der Waals surface area (Å²) in [5.74, 6) is 0. The maximum Gasteiger partial charge on any atom is 0.0593 e. The van der Waals surface area contributed by atoms with Crippen molar-refractivity contribution in [1.29, 1.82) is 0 Å². The van der Waals surface area contributed by atoms with Gasteiger partial charge in [-0.1, -0.05) is 6.42 Å². The van der Waals surface area contributed by atoms with Gasteiger partial charge < -0.3 is 5.73 Å². The van der Waals surface area contributed by atoms with Crippen LogP contribution in [-0.2, 0) is 6.54 Å². The fourth-order valence-electron chi connectivity index (χ4n) is 2.28. The minimum atomic E-state index is 0.905. The highest BCUT2D eigenvalue weighted by molar-refractivity contribution is 5.53. The molecule has 0 aromatic carbocycles. The van der Waals surface area contributed by atoms with Gasteiger partial charge in [0.25, 0.3) is 0 Å². The predicted molar refractivity (Wildman–Crippen MR) is 67.3 cm³/mol. The second-order valence-electron chi connectivity index (χ2n) is 4.76. The molecular weight excluding hydrogens is 198 g/mol. The summed E-state index contributed by atoms with van der Waals surface area (Å²) in [5.41, 5.74) is 10.3. The smallest absolute Gasteiger partial charge is 0.0593 e. The van der Waals surface area contributed by atoms with E-state index in [9.17, 15) is 0 Å². The van der Waals surface area contributed by atoms with Crippen molar-refractivity contribution in [2.24, 2.45) is 0 Å². The Hall–Kier alpha value is -1.09. The van der Waals surface area contributed by atoms with E-state index in [0.717, 1.165) is 29.1 Å². The van der Waals surface area contributed by atoms with Gasteiger partial charge in [-0.25, -0.2) is 0 Å². The van der Waals surface area contributed by atoms with Crippen LogP contribution in [0.4, 0.5) is 5.69 Å². The van der Waals surface area contributed by atoms with E-state index in [1.807, 2.05) is 13.1 Å². The van der Waals surface area contributed by atoms with Crippen LogP contribution < -0.4 is 5.73 Å². The van der Waals surface area contributed by atoms with Crippen molar-refractivity contribution in [2.75, 3.05) is 18.8 Å². The summed E-state index contributed by atoms with van der Waals surface area (Å²) in [6, 6.07) is 0. The zero-order valence-electron chi connectivity index (χ0n) is 10.3. The summed E-state index contributed by atoms with van der Waals surface area (Å²) < 4.78 is 0. The lowest BCUT2D eigenvalue weighted by atomic mass is 10.1. The molecule has 0 amide bonds. The molecule has 1 aliphatic rings. The average molecular weight is 219 g/mol. The minimum absolute atomic E-state index is 0.905. The first-order valence-corrected chi connectivity index (χ1v) is 6.11. The normalized spacial score (nSPS) is 17.6. The maximum absolute atomic E-state index is 6.03. The molecule has 0 unspecified atom stereocenters. The van der Waals surface area contributed by atoms with Crippen LogP contribution in [0.5, 0.6) is 0 Å². The van der Waals surface area contributed by atoms with Crippen molar-refractivity contribution < 1.29 is 0 Å². The average Bonchev–Trinajstić information content (AvgIpc) is 2.31. The van der Waals surface area contributed by atoms with E-state index in [0.29, 0.717) is 0 Å². The quantitative estimate of drug-likeness (QED) is 0.829. The number of nitrogens with two attached hydrogens (primary N) is 1. The Morgan fingerprint density at radius 3 is 2.62 bits per heavy atom. The molecule has 3 heteroatoms. The van der Waals surface area contributed by atoms with Gasteiger partial charge in [-0.05, 0) is 50.9 Å². The van der Waals surface area contributed by atoms with E-state index in [1.165, 1.54) is 32.4 Å². The molecule has 1 aliphatic heterocycles. The van der Waals surface area contributed by atoms with Gasteiger partial charge in [0.2, 0.25) is 0 Å². The molecule has 16 heavy (non-hydrogen) atoms. The van der Waals surface area contributed by atoms with Crippen molar-refractivity contribution in [3.8, 4) is 0 Å². The van der Waals surface area contributed by atoms with Gasteiger partial charge in [0.05, 0.1) is 5.69 Å². The molecule has 0 spiro atoms. The maximum atomic E-state index is 6.03.